The van der Waals surface area contributed by atoms with Crippen LogP contribution in [-0.2, 0) is 6.42 Å². The van der Waals surface area contributed by atoms with Crippen molar-refractivity contribution >= 4 is 0 Å². The lowest BCUT2D eigenvalue weighted by Crippen LogP contribution is -2.33. The van der Waals surface area contributed by atoms with E-state index in [4.69, 9.17) is 4.74 Å². The van der Waals surface area contributed by atoms with E-state index >= 15 is 0 Å². The van der Waals surface area contributed by atoms with E-state index in [-0.39, 0.29) is 0 Å². The van der Waals surface area contributed by atoms with Crippen molar-refractivity contribution in [3.8, 4) is 5.75 Å². The predicted octanol–water partition coefficient (Wildman–Crippen LogP) is 3.47. The Hall–Kier alpha value is -1.87. The average Bonchev–Trinajstić information content (AvgIpc) is 2.51. The van der Waals surface area contributed by atoms with E-state index in [1.807, 2.05) is 6.20 Å². The SMILES string of the molecule is CCCNC(c1cncc(OC)c1)C1Cc2ccccc21. The molecule has 0 saturated carbocycles. The minimum absolute atomic E-state index is 0.308. The average molecular weight is 282 g/mol. The van der Waals surface area contributed by atoms with Crippen molar-refractivity contribution < 1.29 is 4.74 Å². The topological polar surface area (TPSA) is 34.2 Å². The fourth-order valence-corrected chi connectivity index (χ4v) is 3.10. The number of ether oxygens (including phenoxy) is 1. The van der Waals surface area contributed by atoms with Crippen LogP contribution in [0.4, 0.5) is 0 Å². The minimum atomic E-state index is 0.308. The quantitative estimate of drug-likeness (QED) is 0.881. The maximum absolute atomic E-state index is 5.32. The first kappa shape index (κ1) is 14.1. The second-order valence-corrected chi connectivity index (χ2v) is 5.60. The van der Waals surface area contributed by atoms with Gasteiger partial charge in [-0.2, -0.15) is 0 Å². The number of nitrogens with zero attached hydrogens (tertiary/aromatic N) is 1. The summed E-state index contributed by atoms with van der Waals surface area (Å²) in [5.41, 5.74) is 4.15. The molecule has 1 aliphatic rings. The molecular weight excluding hydrogens is 260 g/mol. The molecule has 1 aromatic heterocycles. The summed E-state index contributed by atoms with van der Waals surface area (Å²) in [6.45, 7) is 3.21. The van der Waals surface area contributed by atoms with Gasteiger partial charge in [-0.1, -0.05) is 31.2 Å². The number of aromatic nitrogens is 1. The summed E-state index contributed by atoms with van der Waals surface area (Å²) < 4.78 is 5.32. The standard InChI is InChI=1S/C18H22N2O/c1-3-8-20-18(14-9-15(21-2)12-19-11-14)17-10-13-6-4-5-7-16(13)17/h4-7,9,11-12,17-18,20H,3,8,10H2,1-2H3. The molecule has 1 aliphatic carbocycles. The first-order chi connectivity index (χ1) is 10.3. The predicted molar refractivity (Wildman–Crippen MR) is 84.7 cm³/mol. The van der Waals surface area contributed by atoms with Crippen LogP contribution in [0.15, 0.2) is 42.7 Å². The molecule has 2 unspecified atom stereocenters. The summed E-state index contributed by atoms with van der Waals surface area (Å²) in [6.07, 6.45) is 5.98. The van der Waals surface area contributed by atoms with Crippen LogP contribution in [0.3, 0.4) is 0 Å². The zero-order chi connectivity index (χ0) is 14.7. The Morgan fingerprint density at radius 2 is 2.19 bits per heavy atom. The summed E-state index contributed by atoms with van der Waals surface area (Å²) in [4.78, 5) is 4.32. The second kappa shape index (κ2) is 6.27. The third kappa shape index (κ3) is 2.79. The maximum atomic E-state index is 5.32. The van der Waals surface area contributed by atoms with Crippen LogP contribution in [0.5, 0.6) is 5.75 Å². The fraction of sp³-hybridized carbons (Fsp3) is 0.389. The number of hydrogen-bond donors (Lipinski definition) is 1. The molecule has 1 heterocycles. The van der Waals surface area contributed by atoms with Crippen molar-refractivity contribution in [1.29, 1.82) is 0 Å². The van der Waals surface area contributed by atoms with Gasteiger partial charge in [0.15, 0.2) is 0 Å². The van der Waals surface area contributed by atoms with Crippen molar-refractivity contribution in [2.75, 3.05) is 13.7 Å². The van der Waals surface area contributed by atoms with E-state index in [0.717, 1.165) is 25.1 Å². The van der Waals surface area contributed by atoms with Crippen molar-refractivity contribution in [1.82, 2.24) is 10.3 Å². The van der Waals surface area contributed by atoms with Gasteiger partial charge in [-0.3, -0.25) is 4.98 Å². The van der Waals surface area contributed by atoms with Gasteiger partial charge in [-0.15, -0.1) is 0 Å². The van der Waals surface area contributed by atoms with Gasteiger partial charge in [0.2, 0.25) is 0 Å². The molecule has 3 nitrogen and oxygen atoms in total. The highest BCUT2D eigenvalue weighted by molar-refractivity contribution is 5.43. The number of hydrogen-bond acceptors (Lipinski definition) is 3. The Kier molecular flexibility index (Phi) is 4.20. The van der Waals surface area contributed by atoms with E-state index in [0.29, 0.717) is 12.0 Å². The van der Waals surface area contributed by atoms with Crippen molar-refractivity contribution in [3.05, 3.63) is 59.4 Å². The molecule has 0 saturated heterocycles. The van der Waals surface area contributed by atoms with Crippen LogP contribution in [0.2, 0.25) is 0 Å². The van der Waals surface area contributed by atoms with Crippen LogP contribution in [0.1, 0.15) is 42.0 Å². The number of rotatable bonds is 6. The zero-order valence-corrected chi connectivity index (χ0v) is 12.7. The van der Waals surface area contributed by atoms with E-state index < -0.39 is 0 Å². The van der Waals surface area contributed by atoms with Crippen LogP contribution in [0, 0.1) is 0 Å². The number of methoxy groups -OCH3 is 1. The van der Waals surface area contributed by atoms with Gasteiger partial charge in [0, 0.05) is 18.2 Å². The van der Waals surface area contributed by atoms with Crippen LogP contribution in [-0.4, -0.2) is 18.6 Å². The lowest BCUT2D eigenvalue weighted by Gasteiger charge is -2.37. The Balaban J connectivity index is 1.88. The van der Waals surface area contributed by atoms with Gasteiger partial charge in [-0.25, -0.2) is 0 Å². The highest BCUT2D eigenvalue weighted by Crippen LogP contribution is 2.43. The molecule has 2 atom stereocenters. The van der Waals surface area contributed by atoms with E-state index in [1.165, 1.54) is 16.7 Å². The lowest BCUT2D eigenvalue weighted by molar-refractivity contribution is 0.397. The van der Waals surface area contributed by atoms with Gasteiger partial charge in [0.25, 0.3) is 0 Å². The summed E-state index contributed by atoms with van der Waals surface area (Å²) in [6, 6.07) is 11.1. The number of fused-ring (bicyclic) bond motifs is 1. The molecule has 3 heteroatoms. The zero-order valence-electron chi connectivity index (χ0n) is 12.7. The molecule has 1 N–H and O–H groups in total. The molecule has 0 amide bonds. The number of nitrogens with one attached hydrogen (secondary N) is 1. The first-order valence-electron chi connectivity index (χ1n) is 7.63. The molecule has 21 heavy (non-hydrogen) atoms. The summed E-state index contributed by atoms with van der Waals surface area (Å²) in [7, 11) is 1.69. The molecular formula is C18H22N2O. The summed E-state index contributed by atoms with van der Waals surface area (Å²) >= 11 is 0. The van der Waals surface area contributed by atoms with Crippen LogP contribution >= 0.6 is 0 Å². The van der Waals surface area contributed by atoms with Gasteiger partial charge >= 0.3 is 0 Å². The smallest absolute Gasteiger partial charge is 0.137 e. The van der Waals surface area contributed by atoms with Gasteiger partial charge in [-0.05, 0) is 42.1 Å². The third-order valence-corrected chi connectivity index (χ3v) is 4.24. The normalized spacial score (nSPS) is 17.7. The minimum Gasteiger partial charge on any atom is -0.495 e. The molecule has 0 radical (unpaired) electrons. The molecule has 0 aliphatic heterocycles. The summed E-state index contributed by atoms with van der Waals surface area (Å²) in [5.74, 6) is 1.35. The highest BCUT2D eigenvalue weighted by Gasteiger charge is 2.33. The highest BCUT2D eigenvalue weighted by atomic mass is 16.5. The number of pyridine rings is 1. The first-order valence-corrected chi connectivity index (χ1v) is 7.63. The van der Waals surface area contributed by atoms with Crippen LogP contribution in [0.25, 0.3) is 0 Å². The maximum Gasteiger partial charge on any atom is 0.137 e. The number of benzene rings is 1. The lowest BCUT2D eigenvalue weighted by atomic mass is 9.72. The third-order valence-electron chi connectivity index (χ3n) is 4.24. The Bertz CT molecular complexity index is 612. The Morgan fingerprint density at radius 3 is 2.95 bits per heavy atom. The van der Waals surface area contributed by atoms with Gasteiger partial charge in [0.05, 0.1) is 13.3 Å². The molecule has 0 bridgehead atoms. The Labute approximate surface area is 126 Å². The largest absolute Gasteiger partial charge is 0.495 e. The second-order valence-electron chi connectivity index (χ2n) is 5.60. The summed E-state index contributed by atoms with van der Waals surface area (Å²) in [5, 5.41) is 3.68. The van der Waals surface area contributed by atoms with Crippen LogP contribution < -0.4 is 10.1 Å². The molecule has 110 valence electrons. The molecule has 1 aromatic carbocycles. The van der Waals surface area contributed by atoms with Gasteiger partial charge in [0.1, 0.15) is 5.75 Å². The molecule has 0 spiro atoms. The van der Waals surface area contributed by atoms with Crippen molar-refractivity contribution in [2.24, 2.45) is 0 Å². The van der Waals surface area contributed by atoms with Gasteiger partial charge < -0.3 is 10.1 Å². The molecule has 2 aromatic rings. The molecule has 0 fully saturated rings. The van der Waals surface area contributed by atoms with Crippen molar-refractivity contribution in [3.63, 3.8) is 0 Å². The van der Waals surface area contributed by atoms with Crippen molar-refractivity contribution in [2.45, 2.75) is 31.7 Å². The fourth-order valence-electron chi connectivity index (χ4n) is 3.10. The Morgan fingerprint density at radius 1 is 1.33 bits per heavy atom. The van der Waals surface area contributed by atoms with E-state index in [9.17, 15) is 0 Å². The van der Waals surface area contributed by atoms with E-state index in [2.05, 4.69) is 47.6 Å². The van der Waals surface area contributed by atoms with E-state index in [1.54, 1.807) is 13.3 Å². The molecule has 3 rings (SSSR count). The monoisotopic (exact) mass is 282 g/mol.